The highest BCUT2D eigenvalue weighted by Gasteiger charge is 2.12. The first-order valence-corrected chi connectivity index (χ1v) is 6.59. The van der Waals surface area contributed by atoms with Crippen molar-refractivity contribution >= 4 is 23.6 Å². The predicted octanol–water partition coefficient (Wildman–Crippen LogP) is 1.46. The highest BCUT2D eigenvalue weighted by molar-refractivity contribution is 5.68. The van der Waals surface area contributed by atoms with Gasteiger partial charge in [0.05, 0.1) is 0 Å². The molecule has 22 heavy (non-hydrogen) atoms. The number of nitrogens with two attached hydrogens (primary N) is 1. The molecule has 7 nitrogen and oxygen atoms in total. The number of hydrogen-bond acceptors (Lipinski definition) is 7. The average molecular weight is 309 g/mol. The lowest BCUT2D eigenvalue weighted by Crippen LogP contribution is -2.09. The Morgan fingerprint density at radius 3 is 1.55 bits per heavy atom. The molecule has 0 bridgehead atoms. The van der Waals surface area contributed by atoms with E-state index in [-0.39, 0.29) is 19.8 Å². The number of anilines is 1. The van der Waals surface area contributed by atoms with Crippen LogP contribution in [0, 0.1) is 0 Å². The van der Waals surface area contributed by atoms with Gasteiger partial charge in [-0.1, -0.05) is 0 Å². The minimum atomic E-state index is -0.439. The van der Waals surface area contributed by atoms with E-state index < -0.39 is 17.9 Å². The molecular formula is C15H19NO6. The van der Waals surface area contributed by atoms with Gasteiger partial charge in [0, 0.05) is 37.6 Å². The number of carbonyl (C=O) groups is 3. The van der Waals surface area contributed by atoms with E-state index in [1.807, 2.05) is 0 Å². The second-order valence-corrected chi connectivity index (χ2v) is 4.67. The van der Waals surface area contributed by atoms with Crippen molar-refractivity contribution < 1.29 is 28.6 Å². The molecule has 0 aliphatic heterocycles. The van der Waals surface area contributed by atoms with Crippen molar-refractivity contribution in [2.75, 3.05) is 5.73 Å². The first-order chi connectivity index (χ1) is 10.3. The van der Waals surface area contributed by atoms with Gasteiger partial charge in [0.1, 0.15) is 19.8 Å². The van der Waals surface area contributed by atoms with Crippen molar-refractivity contribution in [1.82, 2.24) is 0 Å². The quantitative estimate of drug-likeness (QED) is 0.481. The lowest BCUT2D eigenvalue weighted by atomic mass is 10.0. The highest BCUT2D eigenvalue weighted by Crippen LogP contribution is 2.23. The number of carbonyl (C=O) groups excluding carboxylic acids is 3. The van der Waals surface area contributed by atoms with Crippen LogP contribution in [0.1, 0.15) is 37.5 Å². The Bertz CT molecular complexity index is 542. The molecule has 120 valence electrons. The fourth-order valence-corrected chi connectivity index (χ4v) is 1.72. The van der Waals surface area contributed by atoms with Crippen molar-refractivity contribution in [3.05, 3.63) is 28.8 Å². The average Bonchev–Trinajstić information content (AvgIpc) is 2.42. The summed E-state index contributed by atoms with van der Waals surface area (Å²) < 4.78 is 14.8. The first kappa shape index (κ1) is 17.5. The second-order valence-electron chi connectivity index (χ2n) is 4.67. The van der Waals surface area contributed by atoms with E-state index in [2.05, 4.69) is 0 Å². The van der Waals surface area contributed by atoms with Crippen molar-refractivity contribution in [1.29, 1.82) is 0 Å². The number of hydrogen-bond donors (Lipinski definition) is 1. The Kier molecular flexibility index (Phi) is 6.37. The summed E-state index contributed by atoms with van der Waals surface area (Å²) in [5.41, 5.74) is 8.14. The number of benzene rings is 1. The van der Waals surface area contributed by atoms with Gasteiger partial charge in [-0.3, -0.25) is 14.4 Å². The van der Waals surface area contributed by atoms with Crippen molar-refractivity contribution in [3.63, 3.8) is 0 Å². The standard InChI is InChI=1S/C15H19NO6/c1-9(17)20-6-12-4-13(7-21-10(2)18)15(16)14(5-12)8-22-11(3)19/h4-5H,6-8,16H2,1-3H3. The van der Waals surface area contributed by atoms with Crippen LogP contribution in [0.5, 0.6) is 0 Å². The first-order valence-electron chi connectivity index (χ1n) is 6.59. The summed E-state index contributed by atoms with van der Waals surface area (Å²) in [5.74, 6) is -1.29. The Morgan fingerprint density at radius 1 is 0.818 bits per heavy atom. The van der Waals surface area contributed by atoms with Crippen LogP contribution in [0.25, 0.3) is 0 Å². The van der Waals surface area contributed by atoms with E-state index in [0.29, 0.717) is 22.4 Å². The van der Waals surface area contributed by atoms with Crippen molar-refractivity contribution in [2.45, 2.75) is 40.6 Å². The van der Waals surface area contributed by atoms with Crippen molar-refractivity contribution in [3.8, 4) is 0 Å². The SMILES string of the molecule is CC(=O)OCc1cc(COC(C)=O)c(N)c(COC(C)=O)c1. The van der Waals surface area contributed by atoms with E-state index in [1.165, 1.54) is 20.8 Å². The minimum absolute atomic E-state index is 0.0118. The summed E-state index contributed by atoms with van der Waals surface area (Å²) in [5, 5.41) is 0. The Hall–Kier alpha value is -2.57. The normalized spacial score (nSPS) is 9.95. The van der Waals surface area contributed by atoms with Gasteiger partial charge in [-0.15, -0.1) is 0 Å². The zero-order chi connectivity index (χ0) is 16.7. The topological polar surface area (TPSA) is 105 Å². The molecule has 0 saturated carbocycles. The van der Waals surface area contributed by atoms with Crippen LogP contribution in [0.15, 0.2) is 12.1 Å². The molecule has 1 aromatic carbocycles. The zero-order valence-corrected chi connectivity index (χ0v) is 12.8. The van der Waals surface area contributed by atoms with Gasteiger partial charge in [-0.2, -0.15) is 0 Å². The molecule has 1 aromatic rings. The summed E-state index contributed by atoms with van der Waals surface area (Å²) in [6.07, 6.45) is 0. The van der Waals surface area contributed by atoms with Gasteiger partial charge >= 0.3 is 17.9 Å². The summed E-state index contributed by atoms with van der Waals surface area (Å²) in [7, 11) is 0. The van der Waals surface area contributed by atoms with E-state index in [4.69, 9.17) is 19.9 Å². The van der Waals surface area contributed by atoms with Gasteiger partial charge in [0.2, 0.25) is 0 Å². The molecule has 0 radical (unpaired) electrons. The van der Waals surface area contributed by atoms with Gasteiger partial charge in [0.25, 0.3) is 0 Å². The molecule has 0 heterocycles. The second kappa shape index (κ2) is 8.02. The summed E-state index contributed by atoms with van der Waals surface area (Å²) in [6, 6.07) is 3.36. The monoisotopic (exact) mass is 309 g/mol. The third-order valence-corrected chi connectivity index (χ3v) is 2.72. The molecule has 0 unspecified atom stereocenters. The van der Waals surface area contributed by atoms with E-state index in [0.717, 1.165) is 0 Å². The largest absolute Gasteiger partial charge is 0.461 e. The minimum Gasteiger partial charge on any atom is -0.461 e. The van der Waals surface area contributed by atoms with Gasteiger partial charge in [-0.05, 0) is 17.7 Å². The lowest BCUT2D eigenvalue weighted by molar-refractivity contribution is -0.142. The van der Waals surface area contributed by atoms with Crippen molar-refractivity contribution in [2.24, 2.45) is 0 Å². The van der Waals surface area contributed by atoms with Crippen LogP contribution in [-0.4, -0.2) is 17.9 Å². The summed E-state index contributed by atoms with van der Waals surface area (Å²) in [4.78, 5) is 32.8. The van der Waals surface area contributed by atoms with Crippen LogP contribution in [0.4, 0.5) is 5.69 Å². The molecule has 2 N–H and O–H groups in total. The third-order valence-electron chi connectivity index (χ3n) is 2.72. The number of ether oxygens (including phenoxy) is 3. The number of rotatable bonds is 6. The maximum Gasteiger partial charge on any atom is 0.302 e. The molecule has 0 spiro atoms. The number of esters is 3. The molecule has 0 saturated heterocycles. The molecule has 0 amide bonds. The Balaban J connectivity index is 3.03. The Labute approximate surface area is 128 Å². The van der Waals surface area contributed by atoms with E-state index in [1.54, 1.807) is 12.1 Å². The lowest BCUT2D eigenvalue weighted by Gasteiger charge is -2.14. The van der Waals surface area contributed by atoms with E-state index in [9.17, 15) is 14.4 Å². The van der Waals surface area contributed by atoms with Crippen LogP contribution >= 0.6 is 0 Å². The summed E-state index contributed by atoms with van der Waals surface area (Å²) in [6.45, 7) is 3.91. The van der Waals surface area contributed by atoms with Gasteiger partial charge in [-0.25, -0.2) is 0 Å². The van der Waals surface area contributed by atoms with Crippen LogP contribution in [-0.2, 0) is 48.4 Å². The highest BCUT2D eigenvalue weighted by atomic mass is 16.5. The third kappa shape index (κ3) is 5.82. The Morgan fingerprint density at radius 2 is 1.18 bits per heavy atom. The van der Waals surface area contributed by atoms with Crippen LogP contribution < -0.4 is 5.73 Å². The molecule has 0 atom stereocenters. The van der Waals surface area contributed by atoms with E-state index >= 15 is 0 Å². The summed E-state index contributed by atoms with van der Waals surface area (Å²) >= 11 is 0. The molecule has 0 aliphatic carbocycles. The van der Waals surface area contributed by atoms with Gasteiger partial charge in [0.15, 0.2) is 0 Å². The maximum absolute atomic E-state index is 10.9. The molecule has 0 fully saturated rings. The van der Waals surface area contributed by atoms with Gasteiger partial charge < -0.3 is 19.9 Å². The number of nitrogen functional groups attached to an aromatic ring is 1. The molecule has 1 rings (SSSR count). The van der Waals surface area contributed by atoms with Crippen LogP contribution in [0.2, 0.25) is 0 Å². The fourth-order valence-electron chi connectivity index (χ4n) is 1.72. The molecule has 0 aliphatic rings. The zero-order valence-electron chi connectivity index (χ0n) is 12.8. The van der Waals surface area contributed by atoms with Crippen LogP contribution in [0.3, 0.4) is 0 Å². The molecular weight excluding hydrogens is 290 g/mol. The molecule has 7 heteroatoms. The maximum atomic E-state index is 10.9. The predicted molar refractivity (Wildman–Crippen MR) is 77.3 cm³/mol. The molecule has 0 aromatic heterocycles. The fraction of sp³-hybridized carbons (Fsp3) is 0.400. The smallest absolute Gasteiger partial charge is 0.302 e.